The minimum Gasteiger partial charge on any atom is -0.437 e. The van der Waals surface area contributed by atoms with Crippen LogP contribution in [-0.2, 0) is 9.53 Å². The number of methoxy groups -OCH3 is 1. The molecule has 6 heteroatoms. The topological polar surface area (TPSA) is 65.0 Å². The van der Waals surface area contributed by atoms with Gasteiger partial charge in [0.25, 0.3) is 0 Å². The van der Waals surface area contributed by atoms with Crippen LogP contribution >= 0.6 is 11.6 Å². The Morgan fingerprint density at radius 1 is 1.50 bits per heavy atom. The summed E-state index contributed by atoms with van der Waals surface area (Å²) in [5.74, 6) is 0.227. The molecule has 1 aromatic carbocycles. The lowest BCUT2D eigenvalue weighted by Gasteiger charge is -2.07. The van der Waals surface area contributed by atoms with Gasteiger partial charge in [-0.2, -0.15) is 4.99 Å². The Morgan fingerprint density at radius 3 is 2.75 bits per heavy atom. The van der Waals surface area contributed by atoms with Crippen molar-refractivity contribution in [1.29, 1.82) is 0 Å². The number of hydrogen-bond acceptors (Lipinski definition) is 5. The molecule has 0 fully saturated rings. The summed E-state index contributed by atoms with van der Waals surface area (Å²) in [5, 5.41) is 0.276. The molecule has 0 saturated heterocycles. The molecule has 84 valence electrons. The van der Waals surface area contributed by atoms with Crippen LogP contribution in [0.15, 0.2) is 17.1 Å². The molecule has 0 aliphatic carbocycles. The second kappa shape index (κ2) is 5.30. The normalized spacial score (nSPS) is 9.19. The fourth-order valence-corrected chi connectivity index (χ4v) is 1.28. The lowest BCUT2D eigenvalue weighted by atomic mass is 10.2. The molecule has 0 atom stereocenters. The van der Waals surface area contributed by atoms with E-state index in [4.69, 9.17) is 16.3 Å². The number of ether oxygens (including phenoxy) is 2. The molecule has 0 aromatic heterocycles. The highest BCUT2D eigenvalue weighted by Crippen LogP contribution is 2.32. The smallest absolute Gasteiger partial charge is 0.437 e. The van der Waals surface area contributed by atoms with Gasteiger partial charge in [0.2, 0.25) is 6.08 Å². The summed E-state index contributed by atoms with van der Waals surface area (Å²) in [7, 11) is 1.19. The number of halogens is 1. The Kier molecular flexibility index (Phi) is 4.05. The van der Waals surface area contributed by atoms with E-state index in [1.165, 1.54) is 25.3 Å². The lowest BCUT2D eigenvalue weighted by molar-refractivity contribution is 0.121. The Morgan fingerprint density at radius 2 is 2.19 bits per heavy atom. The maximum atomic E-state index is 10.9. The molecule has 0 heterocycles. The summed E-state index contributed by atoms with van der Waals surface area (Å²) >= 11 is 5.81. The van der Waals surface area contributed by atoms with Crippen LogP contribution in [0.1, 0.15) is 5.56 Å². The van der Waals surface area contributed by atoms with Gasteiger partial charge in [0.15, 0.2) is 0 Å². The predicted molar refractivity (Wildman–Crippen MR) is 57.0 cm³/mol. The zero-order chi connectivity index (χ0) is 12.1. The summed E-state index contributed by atoms with van der Waals surface area (Å²) < 4.78 is 9.16. The number of isocyanates is 1. The van der Waals surface area contributed by atoms with E-state index in [9.17, 15) is 9.59 Å². The molecular weight excluding hydrogens is 234 g/mol. The van der Waals surface area contributed by atoms with Crippen molar-refractivity contribution in [2.45, 2.75) is 6.92 Å². The summed E-state index contributed by atoms with van der Waals surface area (Å²) in [6.45, 7) is 1.69. The van der Waals surface area contributed by atoms with Crippen molar-refractivity contribution in [2.24, 2.45) is 4.99 Å². The number of nitrogens with zero attached hydrogens (tertiary/aromatic N) is 1. The van der Waals surface area contributed by atoms with Crippen molar-refractivity contribution in [3.05, 3.63) is 22.7 Å². The second-order valence-electron chi connectivity index (χ2n) is 2.83. The Balaban J connectivity index is 3.14. The third-order valence-corrected chi connectivity index (χ3v) is 2.07. The third-order valence-electron chi connectivity index (χ3n) is 1.77. The van der Waals surface area contributed by atoms with Crippen molar-refractivity contribution in [3.63, 3.8) is 0 Å². The van der Waals surface area contributed by atoms with E-state index in [1.54, 1.807) is 6.92 Å². The van der Waals surface area contributed by atoms with Crippen LogP contribution in [0.4, 0.5) is 10.5 Å². The van der Waals surface area contributed by atoms with E-state index in [-0.39, 0.29) is 16.5 Å². The van der Waals surface area contributed by atoms with Crippen molar-refractivity contribution >= 4 is 29.5 Å². The molecule has 0 aliphatic heterocycles. The van der Waals surface area contributed by atoms with Crippen LogP contribution in [0.25, 0.3) is 0 Å². The largest absolute Gasteiger partial charge is 0.513 e. The van der Waals surface area contributed by atoms with Crippen molar-refractivity contribution in [1.82, 2.24) is 0 Å². The molecule has 1 aromatic rings. The fraction of sp³-hybridized carbons (Fsp3) is 0.200. The molecule has 0 bridgehead atoms. The molecule has 0 saturated carbocycles. The van der Waals surface area contributed by atoms with Crippen molar-refractivity contribution in [3.8, 4) is 5.75 Å². The highest BCUT2D eigenvalue weighted by atomic mass is 35.5. The quantitative estimate of drug-likeness (QED) is 0.346. The molecule has 0 N–H and O–H groups in total. The summed E-state index contributed by atoms with van der Waals surface area (Å²) in [6.07, 6.45) is 0.502. The molecule has 5 nitrogen and oxygen atoms in total. The Hall–Kier alpha value is -1.84. The zero-order valence-electron chi connectivity index (χ0n) is 8.61. The number of rotatable bonds is 2. The number of aliphatic imine (C=N–C) groups is 1. The molecule has 0 aliphatic rings. The van der Waals surface area contributed by atoms with Gasteiger partial charge in [0.05, 0.1) is 17.8 Å². The molecule has 0 amide bonds. The molecule has 1 rings (SSSR count). The number of carbonyl (C=O) groups excluding carboxylic acids is 2. The van der Waals surface area contributed by atoms with Gasteiger partial charge in [-0.15, -0.1) is 0 Å². The first-order valence-electron chi connectivity index (χ1n) is 4.22. The van der Waals surface area contributed by atoms with Gasteiger partial charge in [0, 0.05) is 6.07 Å². The summed E-state index contributed by atoms with van der Waals surface area (Å²) in [6, 6.07) is 2.88. The minimum atomic E-state index is -0.855. The Labute approximate surface area is 96.6 Å². The van der Waals surface area contributed by atoms with E-state index in [1.807, 2.05) is 0 Å². The van der Waals surface area contributed by atoms with Gasteiger partial charge < -0.3 is 9.47 Å². The van der Waals surface area contributed by atoms with Gasteiger partial charge in [-0.1, -0.05) is 11.6 Å². The van der Waals surface area contributed by atoms with E-state index in [2.05, 4.69) is 9.73 Å². The summed E-state index contributed by atoms with van der Waals surface area (Å²) in [4.78, 5) is 24.4. The van der Waals surface area contributed by atoms with Crippen LogP contribution in [0.3, 0.4) is 0 Å². The first-order chi connectivity index (χ1) is 7.58. The fourth-order valence-electron chi connectivity index (χ4n) is 1.02. The molecular formula is C10H8ClNO4. The second-order valence-corrected chi connectivity index (χ2v) is 3.24. The van der Waals surface area contributed by atoms with Gasteiger partial charge in [-0.05, 0) is 18.6 Å². The number of carbonyl (C=O) groups is 1. The highest BCUT2D eigenvalue weighted by molar-refractivity contribution is 6.33. The van der Waals surface area contributed by atoms with Crippen molar-refractivity contribution in [2.75, 3.05) is 7.11 Å². The van der Waals surface area contributed by atoms with Gasteiger partial charge in [0.1, 0.15) is 5.75 Å². The third kappa shape index (κ3) is 2.82. The maximum absolute atomic E-state index is 10.9. The van der Waals surface area contributed by atoms with Crippen LogP contribution < -0.4 is 4.74 Å². The minimum absolute atomic E-state index is 0.182. The molecule has 0 radical (unpaired) electrons. The number of hydrogen-bond donors (Lipinski definition) is 0. The first-order valence-corrected chi connectivity index (χ1v) is 4.60. The van der Waals surface area contributed by atoms with Gasteiger partial charge in [-0.25, -0.2) is 9.59 Å². The van der Waals surface area contributed by atoms with Crippen molar-refractivity contribution < 1.29 is 19.1 Å². The zero-order valence-corrected chi connectivity index (χ0v) is 9.37. The predicted octanol–water partition coefficient (Wildman–Crippen LogP) is 2.76. The summed E-state index contributed by atoms with van der Waals surface area (Å²) in [5.41, 5.74) is 0.807. The SMILES string of the molecule is COC(=O)Oc1cc(N=C=O)c(Cl)cc1C. The number of aryl methyl sites for hydroxylation is 1. The lowest BCUT2D eigenvalue weighted by Crippen LogP contribution is -2.08. The average Bonchev–Trinajstić information content (AvgIpc) is 2.25. The van der Waals surface area contributed by atoms with E-state index in [0.717, 1.165) is 0 Å². The van der Waals surface area contributed by atoms with Gasteiger partial charge >= 0.3 is 6.16 Å². The van der Waals surface area contributed by atoms with Gasteiger partial charge in [-0.3, -0.25) is 0 Å². The first kappa shape index (κ1) is 12.2. The highest BCUT2D eigenvalue weighted by Gasteiger charge is 2.10. The Bertz CT molecular complexity index is 466. The monoisotopic (exact) mass is 241 g/mol. The average molecular weight is 242 g/mol. The molecule has 0 spiro atoms. The molecule has 0 unspecified atom stereocenters. The molecule has 16 heavy (non-hydrogen) atoms. The van der Waals surface area contributed by atoms with Crippen LogP contribution in [-0.4, -0.2) is 19.3 Å². The van der Waals surface area contributed by atoms with Crippen LogP contribution in [0, 0.1) is 6.92 Å². The van der Waals surface area contributed by atoms with E-state index >= 15 is 0 Å². The van der Waals surface area contributed by atoms with E-state index in [0.29, 0.717) is 5.56 Å². The number of benzene rings is 1. The maximum Gasteiger partial charge on any atom is 0.513 e. The standard InChI is InChI=1S/C10H8ClNO4/c1-6-3-7(11)8(12-5-13)4-9(6)16-10(14)15-2/h3-4H,1-2H3. The van der Waals surface area contributed by atoms with Crippen LogP contribution in [0.5, 0.6) is 5.75 Å². The van der Waals surface area contributed by atoms with E-state index < -0.39 is 6.16 Å². The van der Waals surface area contributed by atoms with Crippen LogP contribution in [0.2, 0.25) is 5.02 Å².